The zero-order valence-corrected chi connectivity index (χ0v) is 13.9. The summed E-state index contributed by atoms with van der Waals surface area (Å²) in [5.74, 6) is 0. The van der Waals surface area contributed by atoms with Gasteiger partial charge in [0, 0.05) is 0 Å². The van der Waals surface area contributed by atoms with Crippen LogP contribution in [-0.4, -0.2) is 0 Å². The Bertz CT molecular complexity index is 151. The first kappa shape index (κ1) is 19.8. The molecule has 0 heterocycles. The molecule has 0 unspecified atom stereocenters. The first-order valence-corrected chi connectivity index (χ1v) is 3.43. The molecule has 0 saturated carbocycles. The van der Waals surface area contributed by atoms with Gasteiger partial charge in [-0.15, -0.1) is 12.8 Å². The molecule has 13 heavy (non-hydrogen) atoms. The van der Waals surface area contributed by atoms with Crippen molar-refractivity contribution in [3.05, 3.63) is 48.6 Å². The van der Waals surface area contributed by atoms with E-state index >= 15 is 0 Å². The molecular formula is C10H10I2Zr. The maximum atomic E-state index is 2.99. The van der Waals surface area contributed by atoms with E-state index in [1.54, 1.807) is 0 Å². The van der Waals surface area contributed by atoms with Crippen molar-refractivity contribution in [3.63, 3.8) is 0 Å². The molecule has 2 rings (SSSR count). The second-order valence-electron chi connectivity index (χ2n) is 2.01. The fraction of sp³-hybridized carbons (Fsp3) is 0.200. The van der Waals surface area contributed by atoms with Crippen molar-refractivity contribution in [3.8, 4) is 0 Å². The Hall–Kier alpha value is 1.30. The monoisotopic (exact) mass is 474 g/mol. The summed E-state index contributed by atoms with van der Waals surface area (Å²) >= 11 is 0. The molecule has 0 bridgehead atoms. The largest absolute Gasteiger partial charge is 4.00 e. The van der Waals surface area contributed by atoms with Crippen LogP contribution in [0.2, 0.25) is 0 Å². The van der Waals surface area contributed by atoms with Gasteiger partial charge in [0.15, 0.2) is 0 Å². The normalized spacial score (nSPS) is 13.5. The van der Waals surface area contributed by atoms with Crippen molar-refractivity contribution in [1.82, 2.24) is 0 Å². The summed E-state index contributed by atoms with van der Waals surface area (Å²) in [4.78, 5) is 0. The Balaban J connectivity index is -0.000000125. The number of halogens is 2. The first-order valence-electron chi connectivity index (χ1n) is 3.43. The first-order chi connectivity index (χ1) is 5.00. The molecule has 0 aromatic carbocycles. The Kier molecular flexibility index (Phi) is 24.0. The Labute approximate surface area is 134 Å². The van der Waals surface area contributed by atoms with Gasteiger partial charge in [-0.05, 0) is 0 Å². The van der Waals surface area contributed by atoms with Crippen molar-refractivity contribution >= 4 is 0 Å². The van der Waals surface area contributed by atoms with Gasteiger partial charge in [0.1, 0.15) is 0 Å². The minimum absolute atomic E-state index is 0. The molecule has 0 N–H and O–H groups in total. The van der Waals surface area contributed by atoms with Gasteiger partial charge in [-0.3, -0.25) is 12.2 Å². The summed E-state index contributed by atoms with van der Waals surface area (Å²) in [6, 6.07) is 0. The maximum absolute atomic E-state index is 2.99. The van der Waals surface area contributed by atoms with Crippen LogP contribution < -0.4 is 48.0 Å². The summed E-state index contributed by atoms with van der Waals surface area (Å²) < 4.78 is 0. The van der Waals surface area contributed by atoms with E-state index < -0.39 is 0 Å². The van der Waals surface area contributed by atoms with E-state index in [4.69, 9.17) is 0 Å². The number of hydrogen-bond acceptors (Lipinski definition) is 0. The van der Waals surface area contributed by atoms with Crippen molar-refractivity contribution in [2.45, 2.75) is 12.8 Å². The number of allylic oxidation sites excluding steroid dienone is 8. The van der Waals surface area contributed by atoms with E-state index in [9.17, 15) is 0 Å². The predicted octanol–water partition coefficient (Wildman–Crippen LogP) is -3.38. The van der Waals surface area contributed by atoms with Crippen LogP contribution in [0.5, 0.6) is 0 Å². The number of rotatable bonds is 0. The van der Waals surface area contributed by atoms with Gasteiger partial charge in [0.2, 0.25) is 0 Å². The van der Waals surface area contributed by atoms with Crippen LogP contribution in [0.3, 0.4) is 0 Å². The van der Waals surface area contributed by atoms with Crippen LogP contribution in [0.1, 0.15) is 12.8 Å². The van der Waals surface area contributed by atoms with Gasteiger partial charge in [-0.1, -0.05) is 0 Å². The Morgan fingerprint density at radius 2 is 1.15 bits per heavy atom. The molecule has 0 aromatic rings. The SMILES string of the molecule is [C-]1=CC=CC1.[C-]1=CC=CC1.[I-].[I-].[Zr+4]. The fourth-order valence-corrected chi connectivity index (χ4v) is 0.680. The standard InChI is InChI=1S/2C5H5.2HI.Zr/c2*1-2-4-5-3-1;;;/h2*1-3H,4H2;2*1H;/q2*-1;;;+4/p-2. The van der Waals surface area contributed by atoms with Crippen LogP contribution in [0.15, 0.2) is 36.5 Å². The van der Waals surface area contributed by atoms with Gasteiger partial charge >= 0.3 is 26.2 Å². The van der Waals surface area contributed by atoms with Crippen molar-refractivity contribution in [2.24, 2.45) is 0 Å². The summed E-state index contributed by atoms with van der Waals surface area (Å²) in [5.41, 5.74) is 0. The molecule has 0 radical (unpaired) electrons. The van der Waals surface area contributed by atoms with Crippen molar-refractivity contribution < 1.29 is 74.2 Å². The van der Waals surface area contributed by atoms with E-state index in [2.05, 4.69) is 24.3 Å². The average Bonchev–Trinajstić information content (AvgIpc) is 2.67. The van der Waals surface area contributed by atoms with Crippen LogP contribution in [0.25, 0.3) is 0 Å². The zero-order valence-electron chi connectivity index (χ0n) is 7.13. The molecule has 0 nitrogen and oxygen atoms in total. The van der Waals surface area contributed by atoms with Crippen LogP contribution in [-0.2, 0) is 26.2 Å². The van der Waals surface area contributed by atoms with Gasteiger partial charge in [0.25, 0.3) is 0 Å². The quantitative estimate of drug-likeness (QED) is 0.254. The fourth-order valence-electron chi connectivity index (χ4n) is 0.680. The van der Waals surface area contributed by atoms with E-state index in [-0.39, 0.29) is 74.2 Å². The van der Waals surface area contributed by atoms with Gasteiger partial charge in [-0.2, -0.15) is 12.2 Å². The Morgan fingerprint density at radius 3 is 1.23 bits per heavy atom. The molecule has 0 spiro atoms. The molecule has 2 aliphatic carbocycles. The third-order valence-corrected chi connectivity index (χ3v) is 1.17. The maximum Gasteiger partial charge on any atom is 4.00 e. The summed E-state index contributed by atoms with van der Waals surface area (Å²) in [6.45, 7) is 0. The summed E-state index contributed by atoms with van der Waals surface area (Å²) in [6.07, 6.45) is 20.0. The molecule has 3 heteroatoms. The third-order valence-electron chi connectivity index (χ3n) is 1.17. The molecule has 0 aliphatic heterocycles. The van der Waals surface area contributed by atoms with Crippen molar-refractivity contribution in [2.75, 3.05) is 0 Å². The summed E-state index contributed by atoms with van der Waals surface area (Å²) in [5, 5.41) is 0. The average molecular weight is 475 g/mol. The van der Waals surface area contributed by atoms with Gasteiger partial charge in [0.05, 0.1) is 0 Å². The molecule has 0 atom stereocenters. The predicted molar refractivity (Wildman–Crippen MR) is 43.1 cm³/mol. The van der Waals surface area contributed by atoms with Crippen LogP contribution in [0, 0.1) is 12.2 Å². The molecule has 0 fully saturated rings. The smallest absolute Gasteiger partial charge is 1.00 e. The molecule has 0 amide bonds. The third kappa shape index (κ3) is 13.3. The second-order valence-corrected chi connectivity index (χ2v) is 2.01. The molecule has 68 valence electrons. The second kappa shape index (κ2) is 15.8. The minimum atomic E-state index is 0. The van der Waals surface area contributed by atoms with Gasteiger partial charge in [-0.25, -0.2) is 24.3 Å². The van der Waals surface area contributed by atoms with E-state index in [0.29, 0.717) is 0 Å². The zero-order chi connectivity index (χ0) is 7.07. The van der Waals surface area contributed by atoms with Crippen molar-refractivity contribution in [1.29, 1.82) is 0 Å². The molecule has 2 aliphatic rings. The van der Waals surface area contributed by atoms with Crippen LogP contribution in [0.4, 0.5) is 0 Å². The summed E-state index contributed by atoms with van der Waals surface area (Å²) in [7, 11) is 0. The Morgan fingerprint density at radius 1 is 0.769 bits per heavy atom. The van der Waals surface area contributed by atoms with Crippen LogP contribution >= 0.6 is 0 Å². The number of hydrogen-bond donors (Lipinski definition) is 0. The van der Waals surface area contributed by atoms with E-state index in [1.807, 2.05) is 24.3 Å². The molecule has 0 aromatic heterocycles. The van der Waals surface area contributed by atoms with Gasteiger partial charge < -0.3 is 48.0 Å². The minimum Gasteiger partial charge on any atom is -1.00 e. The van der Waals surface area contributed by atoms with E-state index in [0.717, 1.165) is 12.8 Å². The molecular weight excluding hydrogens is 465 g/mol. The topological polar surface area (TPSA) is 0 Å². The van der Waals surface area contributed by atoms with E-state index in [1.165, 1.54) is 0 Å². The molecule has 0 saturated heterocycles.